The molecular formula is C43H49F4N9O7. The van der Waals surface area contributed by atoms with Gasteiger partial charge in [-0.1, -0.05) is 33.8 Å². The van der Waals surface area contributed by atoms with E-state index in [1.807, 2.05) is 30.3 Å². The Labute approximate surface area is 359 Å². The molecule has 6 heterocycles. The second kappa shape index (κ2) is 16.5. The predicted molar refractivity (Wildman–Crippen MR) is 220 cm³/mol. The zero-order chi connectivity index (χ0) is 45.1. The number of aliphatic hydroxyl groups is 1. The Kier molecular flexibility index (Phi) is 11.4. The van der Waals surface area contributed by atoms with Crippen LogP contribution in [0.15, 0.2) is 42.7 Å². The van der Waals surface area contributed by atoms with Crippen molar-refractivity contribution < 1.29 is 51.3 Å². The molecule has 0 aliphatic carbocycles. The van der Waals surface area contributed by atoms with Crippen molar-refractivity contribution in [3.05, 3.63) is 59.9 Å². The lowest BCUT2D eigenvalue weighted by Crippen LogP contribution is -2.52. The van der Waals surface area contributed by atoms with Crippen LogP contribution in [0.3, 0.4) is 0 Å². The van der Waals surface area contributed by atoms with E-state index in [4.69, 9.17) is 4.74 Å². The SMILES string of the molecule is COC(=O)N[C@H](C(=O)N1CC(F)(F)C[C@H]1c1ncc(-c2ccc3c(c2)Oc2ccc(-c4cnc([C@@H]5CC(F)(F)CN5C(=O)[C@@H](NC(=O)CO)C(C)C)[nH]4)c4c2N3CCC4)[nH]1)C(C)C. The van der Waals surface area contributed by atoms with Gasteiger partial charge in [-0.25, -0.2) is 32.3 Å². The number of nitrogens with one attached hydrogen (secondary N) is 4. The summed E-state index contributed by atoms with van der Waals surface area (Å²) in [5, 5.41) is 14.2. The molecule has 4 aliphatic heterocycles. The monoisotopic (exact) mass is 879 g/mol. The van der Waals surface area contributed by atoms with Gasteiger partial charge in [-0.05, 0) is 54.5 Å². The molecule has 8 rings (SSSR count). The number of carbonyl (C=O) groups excluding carboxylic acids is 4. The highest BCUT2D eigenvalue weighted by molar-refractivity contribution is 5.90. The number of alkyl halides is 4. The Bertz CT molecular complexity index is 2440. The number of aromatic amines is 2. The Morgan fingerprint density at radius 2 is 1.44 bits per heavy atom. The van der Waals surface area contributed by atoms with Gasteiger partial charge in [-0.3, -0.25) is 14.4 Å². The highest BCUT2D eigenvalue weighted by atomic mass is 19.3. The van der Waals surface area contributed by atoms with Gasteiger partial charge in [0.2, 0.25) is 17.7 Å². The maximum Gasteiger partial charge on any atom is 0.407 e. The van der Waals surface area contributed by atoms with Crippen LogP contribution in [-0.2, 0) is 25.5 Å². The van der Waals surface area contributed by atoms with Crippen LogP contribution in [0, 0.1) is 11.8 Å². The minimum absolute atomic E-state index is 0.169. The van der Waals surface area contributed by atoms with Crippen molar-refractivity contribution in [2.75, 3.05) is 38.3 Å². The largest absolute Gasteiger partial charge is 0.453 e. The van der Waals surface area contributed by atoms with E-state index in [9.17, 15) is 41.8 Å². The number of likely N-dealkylation sites (tertiary alicyclic amines) is 2. The number of ether oxygens (including phenoxy) is 2. The summed E-state index contributed by atoms with van der Waals surface area (Å²) in [6.07, 6.45) is 2.37. The summed E-state index contributed by atoms with van der Waals surface area (Å²) in [7, 11) is 1.15. The third kappa shape index (κ3) is 8.27. The molecule has 2 saturated heterocycles. The van der Waals surface area contributed by atoms with Crippen molar-refractivity contribution >= 4 is 35.2 Å². The summed E-state index contributed by atoms with van der Waals surface area (Å²) in [6.45, 7) is 4.89. The number of aliphatic hydroxyl groups excluding tert-OH is 1. The number of imidazole rings is 2. The standard InChI is InChI=1S/C43H49F4N9O7/c1-21(2)34(52-33(58)18-57)39(59)55-19-43(46,47)15-30(55)38-49-17-27(51-38)24-9-11-31-36-25(24)7-6-12-54(36)28-10-8-23(13-32(28)63-31)26-16-48-37(50-26)29-14-42(44,45)20-56(29)40(60)35(22(3)4)53-41(61)62-5/h8-11,13,16-17,21-22,29-30,34-35,57H,6-7,12,14-15,18-20H2,1-5H3,(H,48,50)(H,49,51)(H,52,58)(H,53,61)/t29-,30-,34-,35-/m0/s1. The van der Waals surface area contributed by atoms with Gasteiger partial charge in [0, 0.05) is 30.5 Å². The average Bonchev–Trinajstić information content (AvgIpc) is 4.06. The van der Waals surface area contributed by atoms with Crippen LogP contribution in [0.5, 0.6) is 11.5 Å². The van der Waals surface area contributed by atoms with Crippen molar-refractivity contribution in [3.8, 4) is 34.0 Å². The Balaban J connectivity index is 1.04. The number of fused-ring (bicyclic) bond motifs is 2. The van der Waals surface area contributed by atoms with Crippen LogP contribution in [0.4, 0.5) is 33.7 Å². The fourth-order valence-electron chi connectivity index (χ4n) is 9.04. The summed E-state index contributed by atoms with van der Waals surface area (Å²) in [5.74, 6) is -7.91. The minimum Gasteiger partial charge on any atom is -0.453 e. The molecule has 16 nitrogen and oxygen atoms in total. The number of benzene rings is 2. The molecule has 5 N–H and O–H groups in total. The fraction of sp³-hybridized carbons (Fsp3) is 0.488. The van der Waals surface area contributed by atoms with E-state index in [0.29, 0.717) is 41.4 Å². The topological polar surface area (TPSA) is 198 Å². The highest BCUT2D eigenvalue weighted by Crippen LogP contribution is 2.53. The van der Waals surface area contributed by atoms with Gasteiger partial charge in [-0.15, -0.1) is 0 Å². The number of carbonyl (C=O) groups is 4. The van der Waals surface area contributed by atoms with E-state index in [1.54, 1.807) is 33.9 Å². The Morgan fingerprint density at radius 1 is 0.857 bits per heavy atom. The first-order valence-corrected chi connectivity index (χ1v) is 20.9. The predicted octanol–water partition coefficient (Wildman–Crippen LogP) is 5.99. The summed E-state index contributed by atoms with van der Waals surface area (Å²) in [6, 6.07) is 4.86. The molecule has 0 radical (unpaired) electrons. The first kappa shape index (κ1) is 43.5. The van der Waals surface area contributed by atoms with Crippen molar-refractivity contribution in [3.63, 3.8) is 0 Å². The van der Waals surface area contributed by atoms with E-state index in [-0.39, 0.29) is 11.6 Å². The van der Waals surface area contributed by atoms with Gasteiger partial charge >= 0.3 is 6.09 Å². The first-order chi connectivity index (χ1) is 29.9. The molecule has 2 aromatic heterocycles. The number of nitrogens with zero attached hydrogens (tertiary/aromatic N) is 5. The first-order valence-electron chi connectivity index (χ1n) is 20.9. The van der Waals surface area contributed by atoms with E-state index in [2.05, 4.69) is 40.2 Å². The third-order valence-corrected chi connectivity index (χ3v) is 12.1. The number of H-pyrrole nitrogens is 2. The maximum absolute atomic E-state index is 15.0. The maximum atomic E-state index is 15.0. The molecule has 2 fully saturated rings. The molecule has 0 saturated carbocycles. The number of aromatic nitrogens is 4. The molecule has 4 atom stereocenters. The van der Waals surface area contributed by atoms with Gasteiger partial charge in [0.15, 0.2) is 11.5 Å². The Hall–Kier alpha value is -6.18. The number of hydrogen-bond donors (Lipinski definition) is 5. The van der Waals surface area contributed by atoms with E-state index >= 15 is 0 Å². The van der Waals surface area contributed by atoms with E-state index in [0.717, 1.165) is 45.8 Å². The number of alkyl carbamates (subject to hydrolysis) is 1. The van der Waals surface area contributed by atoms with Crippen molar-refractivity contribution in [2.24, 2.45) is 11.8 Å². The minimum atomic E-state index is -3.20. The third-order valence-electron chi connectivity index (χ3n) is 12.1. The summed E-state index contributed by atoms with van der Waals surface area (Å²) in [4.78, 5) is 70.8. The molecule has 0 bridgehead atoms. The van der Waals surface area contributed by atoms with Gasteiger partial charge in [-0.2, -0.15) is 0 Å². The van der Waals surface area contributed by atoms with Crippen LogP contribution in [0.2, 0.25) is 0 Å². The number of halogens is 4. The second-order valence-corrected chi connectivity index (χ2v) is 17.2. The molecule has 4 aromatic rings. The van der Waals surface area contributed by atoms with Crippen molar-refractivity contribution in [1.29, 1.82) is 0 Å². The van der Waals surface area contributed by atoms with Crippen molar-refractivity contribution in [2.45, 2.75) is 89.4 Å². The van der Waals surface area contributed by atoms with Crippen LogP contribution in [0.25, 0.3) is 22.5 Å². The molecule has 4 amide bonds. The normalized spacial score (nSPS) is 20.5. The molecule has 63 heavy (non-hydrogen) atoms. The lowest BCUT2D eigenvalue weighted by atomic mass is 9.92. The van der Waals surface area contributed by atoms with Gasteiger partial charge in [0.05, 0.1) is 67.4 Å². The average molecular weight is 880 g/mol. The molecule has 0 spiro atoms. The molecular weight excluding hydrogens is 831 g/mol. The molecule has 0 unspecified atom stereocenters. The molecule has 4 aliphatic rings. The van der Waals surface area contributed by atoms with Crippen LogP contribution < -0.4 is 20.3 Å². The summed E-state index contributed by atoms with van der Waals surface area (Å²) < 4.78 is 71.0. The lowest BCUT2D eigenvalue weighted by Gasteiger charge is -2.38. The number of hydrogen-bond acceptors (Lipinski definition) is 10. The van der Waals surface area contributed by atoms with Crippen molar-refractivity contribution in [1.82, 2.24) is 40.4 Å². The summed E-state index contributed by atoms with van der Waals surface area (Å²) >= 11 is 0. The smallest absolute Gasteiger partial charge is 0.407 e. The molecule has 2 aromatic carbocycles. The van der Waals surface area contributed by atoms with Gasteiger partial charge in [0.25, 0.3) is 11.8 Å². The van der Waals surface area contributed by atoms with E-state index in [1.165, 1.54) is 6.20 Å². The van der Waals surface area contributed by atoms with E-state index < -0.39 is 104 Å². The zero-order valence-corrected chi connectivity index (χ0v) is 35.3. The number of rotatable bonds is 11. The van der Waals surface area contributed by atoms with Crippen LogP contribution in [0.1, 0.15) is 76.3 Å². The Morgan fingerprint density at radius 3 is 2.03 bits per heavy atom. The van der Waals surface area contributed by atoms with Crippen LogP contribution >= 0.6 is 0 Å². The van der Waals surface area contributed by atoms with Gasteiger partial charge < -0.3 is 49.9 Å². The second-order valence-electron chi connectivity index (χ2n) is 17.2. The van der Waals surface area contributed by atoms with Crippen LogP contribution in [-0.4, -0.2) is 116 Å². The molecule has 336 valence electrons. The van der Waals surface area contributed by atoms with Gasteiger partial charge in [0.1, 0.15) is 30.3 Å². The number of amides is 4. The molecule has 20 heteroatoms. The number of anilines is 2. The quantitative estimate of drug-likeness (QED) is 0.112. The summed E-state index contributed by atoms with van der Waals surface area (Å²) in [5.41, 5.74) is 5.10. The lowest BCUT2D eigenvalue weighted by molar-refractivity contribution is -0.140. The fourth-order valence-corrected chi connectivity index (χ4v) is 9.04. The highest BCUT2D eigenvalue weighted by Gasteiger charge is 2.52. The zero-order valence-electron chi connectivity index (χ0n) is 35.3. The number of methoxy groups -OCH3 is 1.